The minimum atomic E-state index is 0.764. The van der Waals surface area contributed by atoms with Crippen molar-refractivity contribution in [3.63, 3.8) is 0 Å². The molecule has 0 aromatic rings. The SMILES string of the molecule is CNC1CCCNCC1. The first-order valence-corrected chi connectivity index (χ1v) is 3.81. The van der Waals surface area contributed by atoms with E-state index in [0.717, 1.165) is 6.04 Å². The molecular weight excluding hydrogens is 112 g/mol. The van der Waals surface area contributed by atoms with Crippen LogP contribution in [-0.4, -0.2) is 26.2 Å². The Morgan fingerprint density at radius 2 is 2.22 bits per heavy atom. The summed E-state index contributed by atoms with van der Waals surface area (Å²) in [5.74, 6) is 0. The van der Waals surface area contributed by atoms with Crippen molar-refractivity contribution in [3.8, 4) is 0 Å². The summed E-state index contributed by atoms with van der Waals surface area (Å²) in [6, 6.07) is 0.764. The van der Waals surface area contributed by atoms with E-state index in [2.05, 4.69) is 17.7 Å². The smallest absolute Gasteiger partial charge is 0.00766 e. The summed E-state index contributed by atoms with van der Waals surface area (Å²) in [4.78, 5) is 0. The molecule has 1 aliphatic heterocycles. The predicted molar refractivity (Wildman–Crippen MR) is 39.6 cm³/mol. The molecule has 0 radical (unpaired) electrons. The molecule has 1 unspecified atom stereocenters. The molecule has 1 saturated heterocycles. The molecule has 0 aromatic carbocycles. The standard InChI is InChI=1S/C7H16N2/c1-8-7-3-2-5-9-6-4-7/h7-9H,2-6H2,1H3. The molecule has 0 bridgehead atoms. The average molecular weight is 128 g/mol. The van der Waals surface area contributed by atoms with Gasteiger partial charge >= 0.3 is 0 Å². The van der Waals surface area contributed by atoms with Crippen molar-refractivity contribution in [1.82, 2.24) is 10.6 Å². The zero-order valence-corrected chi connectivity index (χ0v) is 6.11. The van der Waals surface area contributed by atoms with Crippen LogP contribution in [0.2, 0.25) is 0 Å². The van der Waals surface area contributed by atoms with E-state index in [1.54, 1.807) is 0 Å². The first-order valence-electron chi connectivity index (χ1n) is 3.81. The zero-order valence-electron chi connectivity index (χ0n) is 6.11. The summed E-state index contributed by atoms with van der Waals surface area (Å²) < 4.78 is 0. The second-order valence-electron chi connectivity index (χ2n) is 2.67. The van der Waals surface area contributed by atoms with Gasteiger partial charge in [0, 0.05) is 6.04 Å². The highest BCUT2D eigenvalue weighted by Crippen LogP contribution is 2.02. The maximum Gasteiger partial charge on any atom is 0.00766 e. The van der Waals surface area contributed by atoms with E-state index in [4.69, 9.17) is 0 Å². The second kappa shape index (κ2) is 3.85. The van der Waals surface area contributed by atoms with Gasteiger partial charge in [0.2, 0.25) is 0 Å². The van der Waals surface area contributed by atoms with Gasteiger partial charge in [0.1, 0.15) is 0 Å². The van der Waals surface area contributed by atoms with Crippen molar-refractivity contribution in [2.75, 3.05) is 20.1 Å². The predicted octanol–water partition coefficient (Wildman–Crippen LogP) is 0.348. The van der Waals surface area contributed by atoms with Crippen molar-refractivity contribution >= 4 is 0 Å². The molecule has 2 nitrogen and oxygen atoms in total. The Labute approximate surface area is 57.0 Å². The Morgan fingerprint density at radius 1 is 1.33 bits per heavy atom. The average Bonchev–Trinajstić information content (AvgIpc) is 2.13. The van der Waals surface area contributed by atoms with Crippen molar-refractivity contribution in [2.24, 2.45) is 0 Å². The van der Waals surface area contributed by atoms with E-state index in [1.807, 2.05) is 0 Å². The van der Waals surface area contributed by atoms with Gasteiger partial charge in [0.25, 0.3) is 0 Å². The lowest BCUT2D eigenvalue weighted by Crippen LogP contribution is -2.25. The maximum absolute atomic E-state index is 3.37. The first kappa shape index (κ1) is 7.03. The summed E-state index contributed by atoms with van der Waals surface area (Å²) in [7, 11) is 2.05. The van der Waals surface area contributed by atoms with Crippen LogP contribution in [0.1, 0.15) is 19.3 Å². The Morgan fingerprint density at radius 3 is 3.00 bits per heavy atom. The molecule has 0 amide bonds. The lowest BCUT2D eigenvalue weighted by molar-refractivity contribution is 0.511. The molecule has 0 aliphatic carbocycles. The molecule has 0 aromatic heterocycles. The molecule has 1 rings (SSSR count). The van der Waals surface area contributed by atoms with Crippen molar-refractivity contribution in [2.45, 2.75) is 25.3 Å². The highest BCUT2D eigenvalue weighted by molar-refractivity contribution is 4.69. The molecule has 2 N–H and O–H groups in total. The largest absolute Gasteiger partial charge is 0.317 e. The van der Waals surface area contributed by atoms with Crippen LogP contribution in [0.4, 0.5) is 0 Å². The van der Waals surface area contributed by atoms with E-state index < -0.39 is 0 Å². The minimum Gasteiger partial charge on any atom is -0.317 e. The molecule has 1 atom stereocenters. The summed E-state index contributed by atoms with van der Waals surface area (Å²) in [6.45, 7) is 2.39. The van der Waals surface area contributed by atoms with Crippen LogP contribution in [0, 0.1) is 0 Å². The van der Waals surface area contributed by atoms with Crippen molar-refractivity contribution in [3.05, 3.63) is 0 Å². The normalized spacial score (nSPS) is 29.7. The molecule has 0 spiro atoms. The third-order valence-electron chi connectivity index (χ3n) is 1.98. The highest BCUT2D eigenvalue weighted by Gasteiger charge is 2.07. The van der Waals surface area contributed by atoms with Crippen molar-refractivity contribution in [1.29, 1.82) is 0 Å². The topological polar surface area (TPSA) is 24.1 Å². The van der Waals surface area contributed by atoms with Crippen molar-refractivity contribution < 1.29 is 0 Å². The van der Waals surface area contributed by atoms with Gasteiger partial charge in [-0.25, -0.2) is 0 Å². The van der Waals surface area contributed by atoms with E-state index in [-0.39, 0.29) is 0 Å². The molecule has 9 heavy (non-hydrogen) atoms. The molecule has 1 aliphatic rings. The van der Waals surface area contributed by atoms with E-state index in [1.165, 1.54) is 32.4 Å². The monoisotopic (exact) mass is 128 g/mol. The van der Waals surface area contributed by atoms with Gasteiger partial charge in [-0.2, -0.15) is 0 Å². The number of rotatable bonds is 1. The summed E-state index contributed by atoms with van der Waals surface area (Å²) >= 11 is 0. The van der Waals surface area contributed by atoms with Crippen LogP contribution >= 0.6 is 0 Å². The number of nitrogens with one attached hydrogen (secondary N) is 2. The Hall–Kier alpha value is -0.0800. The van der Waals surface area contributed by atoms with Crippen LogP contribution < -0.4 is 10.6 Å². The third kappa shape index (κ3) is 2.33. The van der Waals surface area contributed by atoms with Gasteiger partial charge in [-0.15, -0.1) is 0 Å². The van der Waals surface area contributed by atoms with Crippen LogP contribution in [0.5, 0.6) is 0 Å². The number of hydrogen-bond donors (Lipinski definition) is 2. The summed E-state index contributed by atoms with van der Waals surface area (Å²) in [5.41, 5.74) is 0. The van der Waals surface area contributed by atoms with Crippen LogP contribution in [0.3, 0.4) is 0 Å². The van der Waals surface area contributed by atoms with Gasteiger partial charge in [0.15, 0.2) is 0 Å². The van der Waals surface area contributed by atoms with Gasteiger partial charge in [-0.1, -0.05) is 0 Å². The lowest BCUT2D eigenvalue weighted by Gasteiger charge is -2.10. The van der Waals surface area contributed by atoms with Crippen LogP contribution in [0.25, 0.3) is 0 Å². The fraction of sp³-hybridized carbons (Fsp3) is 1.00. The van der Waals surface area contributed by atoms with Gasteiger partial charge < -0.3 is 10.6 Å². The summed E-state index contributed by atoms with van der Waals surface area (Å²) in [6.07, 6.45) is 3.95. The van der Waals surface area contributed by atoms with E-state index in [9.17, 15) is 0 Å². The molecule has 2 heteroatoms. The summed E-state index contributed by atoms with van der Waals surface area (Å²) in [5, 5.41) is 6.68. The van der Waals surface area contributed by atoms with Crippen LogP contribution in [-0.2, 0) is 0 Å². The second-order valence-corrected chi connectivity index (χ2v) is 2.67. The van der Waals surface area contributed by atoms with Crippen LogP contribution in [0.15, 0.2) is 0 Å². The maximum atomic E-state index is 3.37. The Kier molecular flexibility index (Phi) is 3.01. The molecule has 0 saturated carbocycles. The Bertz CT molecular complexity index is 65.3. The molecule has 1 fully saturated rings. The quantitative estimate of drug-likeness (QED) is 0.532. The molecule has 54 valence electrons. The highest BCUT2D eigenvalue weighted by atomic mass is 14.9. The fourth-order valence-electron chi connectivity index (χ4n) is 1.31. The Balaban J connectivity index is 2.18. The van der Waals surface area contributed by atoms with E-state index >= 15 is 0 Å². The number of hydrogen-bond acceptors (Lipinski definition) is 2. The van der Waals surface area contributed by atoms with Gasteiger partial charge in [-0.3, -0.25) is 0 Å². The molecular formula is C7H16N2. The lowest BCUT2D eigenvalue weighted by atomic mass is 10.1. The fourth-order valence-corrected chi connectivity index (χ4v) is 1.31. The first-order chi connectivity index (χ1) is 4.43. The third-order valence-corrected chi connectivity index (χ3v) is 1.98. The van der Waals surface area contributed by atoms with Gasteiger partial charge in [0.05, 0.1) is 0 Å². The van der Waals surface area contributed by atoms with E-state index in [0.29, 0.717) is 0 Å². The minimum absolute atomic E-state index is 0.764. The van der Waals surface area contributed by atoms with Gasteiger partial charge in [-0.05, 0) is 39.4 Å². The molecule has 1 heterocycles. The zero-order chi connectivity index (χ0) is 6.53.